The molecule has 0 aromatic heterocycles. The largest absolute Gasteiger partial charge is 0.494 e. The molecule has 15 heavy (non-hydrogen) atoms. The molecule has 2 aliphatic heterocycles. The predicted molar refractivity (Wildman–Crippen MR) is 54.0 cm³/mol. The van der Waals surface area contributed by atoms with Crippen LogP contribution in [0.5, 0.6) is 0 Å². The monoisotopic (exact) mass is 212 g/mol. The first kappa shape index (κ1) is 10.3. The summed E-state index contributed by atoms with van der Waals surface area (Å²) in [4.78, 5) is 11.6. The summed E-state index contributed by atoms with van der Waals surface area (Å²) in [6.07, 6.45) is 2.50. The Kier molecular flexibility index (Phi) is 3.45. The number of ether oxygens (including phenoxy) is 2. The van der Waals surface area contributed by atoms with Gasteiger partial charge in [-0.25, -0.2) is 0 Å². The van der Waals surface area contributed by atoms with E-state index in [1.54, 1.807) is 0 Å². The molecule has 2 aliphatic rings. The molecule has 0 bridgehead atoms. The van der Waals surface area contributed by atoms with Crippen LogP contribution in [0.3, 0.4) is 0 Å². The van der Waals surface area contributed by atoms with Crippen molar-refractivity contribution >= 4 is 5.91 Å². The van der Waals surface area contributed by atoms with Crippen LogP contribution in [-0.4, -0.2) is 38.8 Å². The summed E-state index contributed by atoms with van der Waals surface area (Å²) < 4.78 is 10.2. The highest BCUT2D eigenvalue weighted by atomic mass is 16.6. The highest BCUT2D eigenvalue weighted by molar-refractivity contribution is 5.91. The number of amides is 1. The van der Waals surface area contributed by atoms with E-state index in [4.69, 9.17) is 9.47 Å². The van der Waals surface area contributed by atoms with Gasteiger partial charge in [-0.1, -0.05) is 0 Å². The number of rotatable bonds is 3. The van der Waals surface area contributed by atoms with Crippen LogP contribution in [0.2, 0.25) is 0 Å². The van der Waals surface area contributed by atoms with E-state index in [2.05, 4.69) is 10.6 Å². The average molecular weight is 212 g/mol. The number of hydrogen-bond acceptors (Lipinski definition) is 4. The third kappa shape index (κ3) is 2.86. The van der Waals surface area contributed by atoms with Crippen LogP contribution in [0, 0.1) is 5.92 Å². The predicted octanol–water partition coefficient (Wildman–Crippen LogP) is -0.400. The lowest BCUT2D eigenvalue weighted by atomic mass is 10.1. The Bertz CT molecular complexity index is 259. The summed E-state index contributed by atoms with van der Waals surface area (Å²) in [5.74, 6) is 0.646. The standard InChI is InChI=1S/C10H16N2O3/c13-10(9-7-14-3-4-15-9)12-6-8-1-2-11-5-8/h7-8,11H,1-6H2,(H,12,13). The van der Waals surface area contributed by atoms with Gasteiger partial charge >= 0.3 is 0 Å². The fourth-order valence-electron chi connectivity index (χ4n) is 1.70. The van der Waals surface area contributed by atoms with Gasteiger partial charge in [0.15, 0.2) is 0 Å². The van der Waals surface area contributed by atoms with Crippen molar-refractivity contribution < 1.29 is 14.3 Å². The summed E-state index contributed by atoms with van der Waals surface area (Å²) in [5.41, 5.74) is 0. The lowest BCUT2D eigenvalue weighted by Crippen LogP contribution is -2.33. The van der Waals surface area contributed by atoms with Crippen LogP contribution < -0.4 is 10.6 Å². The molecule has 84 valence electrons. The van der Waals surface area contributed by atoms with E-state index in [1.807, 2.05) is 0 Å². The topological polar surface area (TPSA) is 59.6 Å². The van der Waals surface area contributed by atoms with Gasteiger partial charge < -0.3 is 20.1 Å². The summed E-state index contributed by atoms with van der Waals surface area (Å²) in [5, 5.41) is 6.10. The molecule has 5 heteroatoms. The van der Waals surface area contributed by atoms with Crippen molar-refractivity contribution in [2.45, 2.75) is 6.42 Å². The Morgan fingerprint density at radius 1 is 1.60 bits per heavy atom. The lowest BCUT2D eigenvalue weighted by Gasteiger charge is -2.16. The third-order valence-corrected chi connectivity index (χ3v) is 2.59. The first-order valence-corrected chi connectivity index (χ1v) is 5.30. The number of hydrogen-bond donors (Lipinski definition) is 2. The van der Waals surface area contributed by atoms with Crippen LogP contribution in [-0.2, 0) is 14.3 Å². The van der Waals surface area contributed by atoms with Crippen LogP contribution >= 0.6 is 0 Å². The average Bonchev–Trinajstić information content (AvgIpc) is 2.80. The SMILES string of the molecule is O=C(NCC1CCNC1)C1=COCCO1. The Morgan fingerprint density at radius 3 is 3.20 bits per heavy atom. The molecule has 1 atom stereocenters. The maximum absolute atomic E-state index is 11.6. The minimum absolute atomic E-state index is 0.179. The van der Waals surface area contributed by atoms with Gasteiger partial charge in [0, 0.05) is 6.54 Å². The molecule has 0 aliphatic carbocycles. The van der Waals surface area contributed by atoms with E-state index in [1.165, 1.54) is 6.26 Å². The van der Waals surface area contributed by atoms with Crippen molar-refractivity contribution in [1.82, 2.24) is 10.6 Å². The molecule has 1 fully saturated rings. The van der Waals surface area contributed by atoms with E-state index in [0.717, 1.165) is 19.5 Å². The van der Waals surface area contributed by atoms with Crippen LogP contribution in [0.4, 0.5) is 0 Å². The first-order chi connectivity index (χ1) is 7.36. The molecule has 0 aromatic rings. The van der Waals surface area contributed by atoms with Crippen LogP contribution in [0.15, 0.2) is 12.0 Å². The molecule has 2 heterocycles. The fourth-order valence-corrected chi connectivity index (χ4v) is 1.70. The summed E-state index contributed by atoms with van der Waals surface area (Å²) in [7, 11) is 0. The highest BCUT2D eigenvalue weighted by Gasteiger charge is 2.18. The van der Waals surface area contributed by atoms with Gasteiger partial charge in [-0.2, -0.15) is 0 Å². The molecule has 5 nitrogen and oxygen atoms in total. The van der Waals surface area contributed by atoms with Crippen molar-refractivity contribution in [2.75, 3.05) is 32.8 Å². The zero-order chi connectivity index (χ0) is 10.5. The molecule has 1 amide bonds. The van der Waals surface area contributed by atoms with Crippen molar-refractivity contribution in [3.8, 4) is 0 Å². The molecule has 0 aromatic carbocycles. The van der Waals surface area contributed by atoms with Crippen LogP contribution in [0.25, 0.3) is 0 Å². The smallest absolute Gasteiger partial charge is 0.289 e. The number of carbonyl (C=O) groups excluding carboxylic acids is 1. The Labute approximate surface area is 88.8 Å². The number of carbonyl (C=O) groups is 1. The van der Waals surface area contributed by atoms with Gasteiger partial charge in [-0.3, -0.25) is 4.79 Å². The highest BCUT2D eigenvalue weighted by Crippen LogP contribution is 2.07. The minimum atomic E-state index is -0.179. The van der Waals surface area contributed by atoms with E-state index >= 15 is 0 Å². The van der Waals surface area contributed by atoms with E-state index in [-0.39, 0.29) is 11.7 Å². The number of nitrogens with one attached hydrogen (secondary N) is 2. The fraction of sp³-hybridized carbons (Fsp3) is 0.700. The third-order valence-electron chi connectivity index (χ3n) is 2.59. The minimum Gasteiger partial charge on any atom is -0.494 e. The Hall–Kier alpha value is -1.23. The van der Waals surface area contributed by atoms with Gasteiger partial charge in [0.2, 0.25) is 5.76 Å². The van der Waals surface area contributed by atoms with Gasteiger partial charge in [-0.15, -0.1) is 0 Å². The molecule has 0 saturated carbocycles. The molecule has 0 spiro atoms. The van der Waals surface area contributed by atoms with Gasteiger partial charge in [0.1, 0.15) is 19.5 Å². The molecule has 1 saturated heterocycles. The summed E-state index contributed by atoms with van der Waals surface area (Å²) >= 11 is 0. The Balaban J connectivity index is 1.73. The zero-order valence-electron chi connectivity index (χ0n) is 8.62. The molecule has 1 unspecified atom stereocenters. The molecule has 0 radical (unpaired) electrons. The molecular weight excluding hydrogens is 196 g/mol. The second kappa shape index (κ2) is 5.02. The van der Waals surface area contributed by atoms with Gasteiger partial charge in [0.25, 0.3) is 5.91 Å². The van der Waals surface area contributed by atoms with E-state index in [9.17, 15) is 4.79 Å². The summed E-state index contributed by atoms with van der Waals surface area (Å²) in [6, 6.07) is 0. The molecule has 2 rings (SSSR count). The van der Waals surface area contributed by atoms with Gasteiger partial charge in [0.05, 0.1) is 0 Å². The van der Waals surface area contributed by atoms with Crippen molar-refractivity contribution in [3.05, 3.63) is 12.0 Å². The Morgan fingerprint density at radius 2 is 2.53 bits per heavy atom. The zero-order valence-corrected chi connectivity index (χ0v) is 8.62. The van der Waals surface area contributed by atoms with Crippen LogP contribution in [0.1, 0.15) is 6.42 Å². The second-order valence-corrected chi connectivity index (χ2v) is 3.77. The normalized spacial score (nSPS) is 25.1. The quantitative estimate of drug-likeness (QED) is 0.668. The van der Waals surface area contributed by atoms with Crippen molar-refractivity contribution in [2.24, 2.45) is 5.92 Å². The molecule has 2 N–H and O–H groups in total. The molecular formula is C10H16N2O3. The maximum atomic E-state index is 11.6. The lowest BCUT2D eigenvalue weighted by molar-refractivity contribution is -0.122. The van der Waals surface area contributed by atoms with Crippen molar-refractivity contribution in [3.63, 3.8) is 0 Å². The maximum Gasteiger partial charge on any atom is 0.289 e. The van der Waals surface area contributed by atoms with Gasteiger partial charge in [-0.05, 0) is 25.4 Å². The van der Waals surface area contributed by atoms with Crippen molar-refractivity contribution in [1.29, 1.82) is 0 Å². The summed E-state index contributed by atoms with van der Waals surface area (Å²) in [6.45, 7) is 3.69. The van der Waals surface area contributed by atoms with E-state index < -0.39 is 0 Å². The van der Waals surface area contributed by atoms with E-state index in [0.29, 0.717) is 25.7 Å². The second-order valence-electron chi connectivity index (χ2n) is 3.77. The first-order valence-electron chi connectivity index (χ1n) is 5.30.